The molecule has 0 aliphatic rings. The molecule has 0 fully saturated rings. The summed E-state index contributed by atoms with van der Waals surface area (Å²) in [5, 5.41) is 6.57. The highest BCUT2D eigenvalue weighted by atomic mass is 31.0. The summed E-state index contributed by atoms with van der Waals surface area (Å²) in [6.45, 7) is 6.19. The van der Waals surface area contributed by atoms with Crippen LogP contribution in [0.2, 0.25) is 0 Å². The summed E-state index contributed by atoms with van der Waals surface area (Å²) in [6.07, 6.45) is 2.56. The molecule has 0 spiro atoms. The molecule has 4 N–H and O–H groups in total. The van der Waals surface area contributed by atoms with Gasteiger partial charge in [0.1, 0.15) is 11.6 Å². The number of pyridine rings is 1. The average molecular weight is 332 g/mol. The van der Waals surface area contributed by atoms with Crippen molar-refractivity contribution in [3.63, 3.8) is 0 Å². The van der Waals surface area contributed by atoms with Gasteiger partial charge in [-0.05, 0) is 42.4 Å². The number of benzene rings is 1. The molecule has 1 aromatic carbocycles. The molecule has 0 aliphatic heterocycles. The van der Waals surface area contributed by atoms with Gasteiger partial charge in [0.25, 0.3) is 0 Å². The van der Waals surface area contributed by atoms with Gasteiger partial charge < -0.3 is 16.4 Å². The third kappa shape index (κ3) is 4.75. The molecular weight excluding hydrogens is 310 g/mol. The van der Waals surface area contributed by atoms with E-state index < -0.39 is 0 Å². The van der Waals surface area contributed by atoms with Gasteiger partial charge in [0.15, 0.2) is 0 Å². The number of hydrogen-bond acceptors (Lipinski definition) is 4. The first kappa shape index (κ1) is 17.4. The van der Waals surface area contributed by atoms with Crippen molar-refractivity contribution in [2.45, 2.75) is 13.0 Å². The van der Waals surface area contributed by atoms with Crippen molar-refractivity contribution < 1.29 is 4.39 Å². The summed E-state index contributed by atoms with van der Waals surface area (Å²) >= 11 is 0. The van der Waals surface area contributed by atoms with Crippen molar-refractivity contribution in [3.05, 3.63) is 65.7 Å². The van der Waals surface area contributed by atoms with Gasteiger partial charge in [-0.1, -0.05) is 18.7 Å². The van der Waals surface area contributed by atoms with Crippen LogP contribution in [-0.2, 0) is 0 Å². The molecule has 1 heterocycles. The van der Waals surface area contributed by atoms with Crippen LogP contribution in [0.1, 0.15) is 17.2 Å². The number of rotatable bonds is 7. The second-order valence-electron chi connectivity index (χ2n) is 5.33. The van der Waals surface area contributed by atoms with E-state index in [0.29, 0.717) is 18.1 Å². The van der Waals surface area contributed by atoms with Crippen LogP contribution < -0.4 is 16.4 Å². The monoisotopic (exact) mass is 332 g/mol. The van der Waals surface area contributed by atoms with Gasteiger partial charge in [0.2, 0.25) is 0 Å². The predicted octanol–water partition coefficient (Wildman–Crippen LogP) is 3.44. The van der Waals surface area contributed by atoms with Gasteiger partial charge in [0.05, 0.1) is 11.7 Å². The Bertz CT molecular complexity index is 673. The van der Waals surface area contributed by atoms with E-state index in [4.69, 9.17) is 5.73 Å². The third-order valence-electron chi connectivity index (χ3n) is 3.40. The Balaban J connectivity index is 2.26. The lowest BCUT2D eigenvalue weighted by Gasteiger charge is -2.21. The number of halogens is 1. The number of aromatic nitrogens is 1. The highest BCUT2D eigenvalue weighted by Crippen LogP contribution is 2.27. The van der Waals surface area contributed by atoms with Crippen molar-refractivity contribution in [3.8, 4) is 0 Å². The van der Waals surface area contributed by atoms with Crippen LogP contribution in [0.5, 0.6) is 0 Å². The Labute approximate surface area is 138 Å². The minimum atomic E-state index is -0.244. The molecule has 1 aromatic heterocycles. The zero-order chi connectivity index (χ0) is 16.8. The minimum Gasteiger partial charge on any atom is -0.361 e. The first-order chi connectivity index (χ1) is 11.0. The number of nitrogens with one attached hydrogen (secondary N) is 2. The molecule has 2 rings (SSSR count). The lowest BCUT2D eigenvalue weighted by atomic mass is 10.1. The second-order valence-corrected chi connectivity index (χ2v) is 5.80. The van der Waals surface area contributed by atoms with Gasteiger partial charge in [0, 0.05) is 18.4 Å². The van der Waals surface area contributed by atoms with Crippen LogP contribution in [0, 0.1) is 12.7 Å². The van der Waals surface area contributed by atoms with E-state index in [-0.39, 0.29) is 11.9 Å². The molecule has 23 heavy (non-hydrogen) atoms. The molecule has 0 bridgehead atoms. The number of nitrogens with two attached hydrogens (primary N) is 1. The molecule has 6 heteroatoms. The van der Waals surface area contributed by atoms with Crippen LogP contribution in [0.15, 0.2) is 48.8 Å². The molecule has 2 atom stereocenters. The maximum Gasteiger partial charge on any atom is 0.150 e. The lowest BCUT2D eigenvalue weighted by Crippen LogP contribution is -2.16. The second kappa shape index (κ2) is 8.04. The standard InChI is InChI=1S/C17H22FN4P/c1-11-7-15(21-12(2)8-19)17(20-9-11)22-16(10-23)13-3-5-14(18)6-4-13/h3-7,9,16,21H,2,8,10,19,23H2,1H3,(H,20,22). The molecule has 0 saturated heterocycles. The number of aryl methyl sites for hydroxylation is 1. The van der Waals surface area contributed by atoms with Crippen molar-refractivity contribution in [2.24, 2.45) is 5.73 Å². The van der Waals surface area contributed by atoms with Crippen LogP contribution >= 0.6 is 9.24 Å². The van der Waals surface area contributed by atoms with Crippen LogP contribution in [0.4, 0.5) is 15.9 Å². The topological polar surface area (TPSA) is 63.0 Å². The van der Waals surface area contributed by atoms with Crippen LogP contribution in [0.3, 0.4) is 0 Å². The Morgan fingerprint density at radius 3 is 2.70 bits per heavy atom. The Kier molecular flexibility index (Phi) is 6.08. The molecular formula is C17H22FN4P. The quantitative estimate of drug-likeness (QED) is 0.680. The molecule has 0 amide bonds. The summed E-state index contributed by atoms with van der Waals surface area (Å²) in [6, 6.07) is 8.46. The molecule has 0 radical (unpaired) electrons. The average Bonchev–Trinajstić information content (AvgIpc) is 2.55. The molecule has 122 valence electrons. The highest BCUT2D eigenvalue weighted by molar-refractivity contribution is 7.16. The van der Waals surface area contributed by atoms with Crippen molar-refractivity contribution in [1.29, 1.82) is 0 Å². The first-order valence-corrected chi connectivity index (χ1v) is 8.18. The molecule has 2 aromatic rings. The van der Waals surface area contributed by atoms with E-state index >= 15 is 0 Å². The van der Waals surface area contributed by atoms with Gasteiger partial charge in [-0.15, -0.1) is 9.24 Å². The Morgan fingerprint density at radius 1 is 1.39 bits per heavy atom. The van der Waals surface area contributed by atoms with Gasteiger partial charge in [-0.2, -0.15) is 0 Å². The zero-order valence-corrected chi connectivity index (χ0v) is 14.3. The fraction of sp³-hybridized carbons (Fsp3) is 0.235. The fourth-order valence-electron chi connectivity index (χ4n) is 2.16. The SMILES string of the molecule is C=C(CN)Nc1cc(C)cnc1NC(CP)c1ccc(F)cc1. The summed E-state index contributed by atoms with van der Waals surface area (Å²) in [7, 11) is 2.70. The summed E-state index contributed by atoms with van der Waals surface area (Å²) in [5.74, 6) is 0.466. The van der Waals surface area contributed by atoms with E-state index in [9.17, 15) is 4.39 Å². The Morgan fingerprint density at radius 2 is 2.09 bits per heavy atom. The van der Waals surface area contributed by atoms with E-state index in [1.165, 1.54) is 12.1 Å². The molecule has 2 unspecified atom stereocenters. The van der Waals surface area contributed by atoms with Crippen molar-refractivity contribution in [2.75, 3.05) is 23.3 Å². The maximum atomic E-state index is 13.1. The zero-order valence-electron chi connectivity index (χ0n) is 13.1. The van der Waals surface area contributed by atoms with Gasteiger partial charge >= 0.3 is 0 Å². The highest BCUT2D eigenvalue weighted by Gasteiger charge is 2.13. The Hall–Kier alpha value is -1.97. The van der Waals surface area contributed by atoms with E-state index in [0.717, 1.165) is 23.0 Å². The third-order valence-corrected chi connectivity index (χ3v) is 3.87. The van der Waals surface area contributed by atoms with Crippen molar-refractivity contribution >= 4 is 20.7 Å². The van der Waals surface area contributed by atoms with Gasteiger partial charge in [-0.3, -0.25) is 0 Å². The van der Waals surface area contributed by atoms with Crippen molar-refractivity contribution in [1.82, 2.24) is 4.98 Å². The maximum absolute atomic E-state index is 13.1. The predicted molar refractivity (Wildman–Crippen MR) is 98.1 cm³/mol. The minimum absolute atomic E-state index is 0.00231. The number of hydrogen-bond donors (Lipinski definition) is 3. The van der Waals surface area contributed by atoms with Crippen LogP contribution in [0.25, 0.3) is 0 Å². The summed E-state index contributed by atoms with van der Waals surface area (Å²) in [4.78, 5) is 4.46. The first-order valence-electron chi connectivity index (χ1n) is 7.37. The molecule has 0 aliphatic carbocycles. The smallest absolute Gasteiger partial charge is 0.150 e. The molecule has 4 nitrogen and oxygen atoms in total. The van der Waals surface area contributed by atoms with E-state index in [1.54, 1.807) is 18.3 Å². The normalized spacial score (nSPS) is 11.8. The van der Waals surface area contributed by atoms with E-state index in [2.05, 4.69) is 31.4 Å². The lowest BCUT2D eigenvalue weighted by molar-refractivity contribution is 0.626. The fourth-order valence-corrected chi connectivity index (χ4v) is 2.55. The largest absolute Gasteiger partial charge is 0.361 e. The number of anilines is 2. The summed E-state index contributed by atoms with van der Waals surface area (Å²) in [5.41, 5.74) is 9.16. The molecule has 0 saturated carbocycles. The van der Waals surface area contributed by atoms with E-state index in [1.807, 2.05) is 13.0 Å². The number of nitrogens with zero attached hydrogens (tertiary/aromatic N) is 1. The summed E-state index contributed by atoms with van der Waals surface area (Å²) < 4.78 is 13.1. The van der Waals surface area contributed by atoms with Gasteiger partial charge in [-0.25, -0.2) is 9.37 Å². The van der Waals surface area contributed by atoms with Crippen LogP contribution in [-0.4, -0.2) is 17.7 Å².